The number of urea groups is 1. The normalized spacial score (nSPS) is 22.9. The standard InChI is InChI=1S/C14H26N2O5/c1-5-6-16(12-9-21-8-11(12)13(17)18)14(19)15(3)10(2)7-20-4/h10-12H,5-9H2,1-4H3,(H,17,18). The number of hydrogen-bond donors (Lipinski definition) is 1. The predicted octanol–water partition coefficient (Wildman–Crippen LogP) is 0.885. The van der Waals surface area contributed by atoms with E-state index >= 15 is 0 Å². The third-order valence-electron chi connectivity index (χ3n) is 3.85. The molecule has 1 saturated heterocycles. The summed E-state index contributed by atoms with van der Waals surface area (Å²) in [6.45, 7) is 5.24. The van der Waals surface area contributed by atoms with Gasteiger partial charge in [-0.25, -0.2) is 4.79 Å². The molecule has 1 fully saturated rings. The van der Waals surface area contributed by atoms with E-state index in [9.17, 15) is 14.7 Å². The number of methoxy groups -OCH3 is 1. The van der Waals surface area contributed by atoms with Crippen LogP contribution in [0.1, 0.15) is 20.3 Å². The molecule has 0 saturated carbocycles. The van der Waals surface area contributed by atoms with Crippen LogP contribution in [0.5, 0.6) is 0 Å². The van der Waals surface area contributed by atoms with Crippen molar-refractivity contribution >= 4 is 12.0 Å². The molecule has 0 aromatic carbocycles. The largest absolute Gasteiger partial charge is 0.481 e. The highest BCUT2D eigenvalue weighted by molar-refractivity contribution is 5.77. The molecule has 1 aliphatic heterocycles. The summed E-state index contributed by atoms with van der Waals surface area (Å²) in [5, 5.41) is 9.26. The summed E-state index contributed by atoms with van der Waals surface area (Å²) in [6, 6.07) is -0.664. The zero-order valence-corrected chi connectivity index (χ0v) is 13.2. The fourth-order valence-electron chi connectivity index (χ4n) is 2.47. The van der Waals surface area contributed by atoms with Gasteiger partial charge in [-0.2, -0.15) is 0 Å². The Morgan fingerprint density at radius 2 is 2.10 bits per heavy atom. The smallest absolute Gasteiger partial charge is 0.320 e. The number of carboxylic acid groups (broad SMARTS) is 1. The Morgan fingerprint density at radius 3 is 2.62 bits per heavy atom. The molecular weight excluding hydrogens is 276 g/mol. The van der Waals surface area contributed by atoms with Crippen LogP contribution < -0.4 is 0 Å². The maximum Gasteiger partial charge on any atom is 0.320 e. The van der Waals surface area contributed by atoms with Crippen LogP contribution in [0.4, 0.5) is 4.79 Å². The third-order valence-corrected chi connectivity index (χ3v) is 3.85. The summed E-state index contributed by atoms with van der Waals surface area (Å²) in [5.41, 5.74) is 0. The Hall–Kier alpha value is -1.34. The average Bonchev–Trinajstić information content (AvgIpc) is 2.92. The Kier molecular flexibility index (Phi) is 6.91. The fourth-order valence-corrected chi connectivity index (χ4v) is 2.47. The fraction of sp³-hybridized carbons (Fsp3) is 0.857. The number of aliphatic carboxylic acids is 1. The highest BCUT2D eigenvalue weighted by Gasteiger charge is 2.40. The topological polar surface area (TPSA) is 79.3 Å². The summed E-state index contributed by atoms with van der Waals surface area (Å²) in [6.07, 6.45) is 0.765. The Morgan fingerprint density at radius 1 is 1.43 bits per heavy atom. The van der Waals surface area contributed by atoms with Gasteiger partial charge in [-0.15, -0.1) is 0 Å². The summed E-state index contributed by atoms with van der Waals surface area (Å²) in [7, 11) is 3.30. The molecule has 3 unspecified atom stereocenters. The van der Waals surface area contributed by atoms with Gasteiger partial charge in [-0.05, 0) is 13.3 Å². The van der Waals surface area contributed by atoms with Crippen LogP contribution in [0.15, 0.2) is 0 Å². The van der Waals surface area contributed by atoms with Crippen LogP contribution in [0.3, 0.4) is 0 Å². The zero-order valence-electron chi connectivity index (χ0n) is 13.2. The number of carboxylic acids is 1. The van der Waals surface area contributed by atoms with Gasteiger partial charge in [0, 0.05) is 20.7 Å². The van der Waals surface area contributed by atoms with Crippen molar-refractivity contribution < 1.29 is 24.2 Å². The van der Waals surface area contributed by atoms with Crippen molar-refractivity contribution in [3.8, 4) is 0 Å². The lowest BCUT2D eigenvalue weighted by Crippen LogP contribution is -2.53. The minimum Gasteiger partial charge on any atom is -0.481 e. The summed E-state index contributed by atoms with van der Waals surface area (Å²) in [4.78, 5) is 27.2. The lowest BCUT2D eigenvalue weighted by Gasteiger charge is -2.35. The highest BCUT2D eigenvalue weighted by atomic mass is 16.5. The van der Waals surface area contributed by atoms with Gasteiger partial charge in [0.25, 0.3) is 0 Å². The van der Waals surface area contributed by atoms with E-state index in [1.807, 2.05) is 13.8 Å². The maximum absolute atomic E-state index is 12.7. The van der Waals surface area contributed by atoms with E-state index in [4.69, 9.17) is 9.47 Å². The molecule has 1 N–H and O–H groups in total. The first-order chi connectivity index (χ1) is 9.93. The number of nitrogens with zero attached hydrogens (tertiary/aromatic N) is 2. The number of carbonyl (C=O) groups is 2. The molecule has 21 heavy (non-hydrogen) atoms. The van der Waals surface area contributed by atoms with Gasteiger partial charge < -0.3 is 24.4 Å². The molecule has 1 aliphatic rings. The van der Waals surface area contributed by atoms with Crippen molar-refractivity contribution in [2.45, 2.75) is 32.4 Å². The second kappa shape index (κ2) is 8.19. The number of hydrogen-bond acceptors (Lipinski definition) is 4. The number of rotatable bonds is 7. The van der Waals surface area contributed by atoms with E-state index in [0.717, 1.165) is 6.42 Å². The minimum absolute atomic E-state index is 0.0764. The summed E-state index contributed by atoms with van der Waals surface area (Å²) < 4.78 is 10.3. The van der Waals surface area contributed by atoms with Crippen LogP contribution in [0.2, 0.25) is 0 Å². The lowest BCUT2D eigenvalue weighted by molar-refractivity contribution is -0.142. The monoisotopic (exact) mass is 302 g/mol. The SMILES string of the molecule is CCCN(C(=O)N(C)C(C)COC)C1COCC1C(=O)O. The predicted molar refractivity (Wildman–Crippen MR) is 77.2 cm³/mol. The molecular formula is C14H26N2O5. The first kappa shape index (κ1) is 17.7. The van der Waals surface area contributed by atoms with Gasteiger partial charge in [0.2, 0.25) is 0 Å². The van der Waals surface area contributed by atoms with Gasteiger partial charge >= 0.3 is 12.0 Å². The van der Waals surface area contributed by atoms with Gasteiger partial charge in [-0.1, -0.05) is 6.92 Å². The number of carbonyl (C=O) groups excluding carboxylic acids is 1. The van der Waals surface area contributed by atoms with E-state index < -0.39 is 17.9 Å². The number of ether oxygens (including phenoxy) is 2. The van der Waals surface area contributed by atoms with Crippen LogP contribution >= 0.6 is 0 Å². The van der Waals surface area contributed by atoms with Crippen LogP contribution in [-0.4, -0.2) is 79.5 Å². The second-order valence-corrected chi connectivity index (χ2v) is 5.44. The molecule has 0 aromatic rings. The molecule has 1 heterocycles. The molecule has 3 atom stereocenters. The van der Waals surface area contributed by atoms with Crippen molar-refractivity contribution in [1.29, 1.82) is 0 Å². The van der Waals surface area contributed by atoms with Gasteiger partial charge in [0.1, 0.15) is 5.92 Å². The molecule has 122 valence electrons. The molecule has 7 nitrogen and oxygen atoms in total. The molecule has 0 bridgehead atoms. The third kappa shape index (κ3) is 4.31. The van der Waals surface area contributed by atoms with Gasteiger partial charge in [-0.3, -0.25) is 4.79 Å². The first-order valence-corrected chi connectivity index (χ1v) is 7.26. The van der Waals surface area contributed by atoms with Gasteiger partial charge in [0.15, 0.2) is 0 Å². The second-order valence-electron chi connectivity index (χ2n) is 5.44. The Bertz CT molecular complexity index is 363. The summed E-state index contributed by atoms with van der Waals surface area (Å²) >= 11 is 0. The van der Waals surface area contributed by atoms with E-state index in [0.29, 0.717) is 13.2 Å². The van der Waals surface area contributed by atoms with Crippen LogP contribution in [-0.2, 0) is 14.3 Å². The Labute approximate surface area is 125 Å². The zero-order chi connectivity index (χ0) is 16.0. The highest BCUT2D eigenvalue weighted by Crippen LogP contribution is 2.22. The number of amides is 2. The molecule has 0 aromatic heterocycles. The van der Waals surface area contributed by atoms with E-state index in [1.165, 1.54) is 0 Å². The molecule has 2 amide bonds. The molecule has 0 spiro atoms. The van der Waals surface area contributed by atoms with Crippen molar-refractivity contribution in [3.05, 3.63) is 0 Å². The van der Waals surface area contributed by atoms with E-state index in [-0.39, 0.29) is 25.3 Å². The van der Waals surface area contributed by atoms with E-state index in [1.54, 1.807) is 24.0 Å². The molecule has 0 aliphatic carbocycles. The van der Waals surface area contributed by atoms with Crippen LogP contribution in [0.25, 0.3) is 0 Å². The van der Waals surface area contributed by atoms with Crippen LogP contribution in [0, 0.1) is 5.92 Å². The van der Waals surface area contributed by atoms with Gasteiger partial charge in [0.05, 0.1) is 31.9 Å². The minimum atomic E-state index is -0.918. The quantitative estimate of drug-likeness (QED) is 0.755. The first-order valence-electron chi connectivity index (χ1n) is 7.26. The summed E-state index contributed by atoms with van der Waals surface area (Å²) in [5.74, 6) is -1.58. The lowest BCUT2D eigenvalue weighted by atomic mass is 10.0. The molecule has 1 rings (SSSR count). The molecule has 0 radical (unpaired) electrons. The van der Waals surface area contributed by atoms with Crippen molar-refractivity contribution in [3.63, 3.8) is 0 Å². The maximum atomic E-state index is 12.7. The average molecular weight is 302 g/mol. The van der Waals surface area contributed by atoms with Crippen molar-refractivity contribution in [1.82, 2.24) is 9.80 Å². The van der Waals surface area contributed by atoms with E-state index in [2.05, 4.69) is 0 Å². The Balaban J connectivity index is 2.84. The molecule has 7 heteroatoms. The van der Waals surface area contributed by atoms with Crippen molar-refractivity contribution in [2.75, 3.05) is 40.5 Å². The van der Waals surface area contributed by atoms with Crippen molar-refractivity contribution in [2.24, 2.45) is 5.92 Å². The number of likely N-dealkylation sites (N-methyl/N-ethyl adjacent to an activating group) is 1.